The molecule has 0 fully saturated rings. The smallest absolute Gasteiger partial charge is 0.256 e. The molecule has 0 radical (unpaired) electrons. The third-order valence-electron chi connectivity index (χ3n) is 4.13. The first-order chi connectivity index (χ1) is 10.2. The van der Waals surface area contributed by atoms with Gasteiger partial charge in [0.05, 0.1) is 5.56 Å². The van der Waals surface area contributed by atoms with Gasteiger partial charge in [0, 0.05) is 9.35 Å². The summed E-state index contributed by atoms with van der Waals surface area (Å²) in [5.74, 6) is 0.0631. The van der Waals surface area contributed by atoms with Crippen molar-refractivity contribution >= 4 is 38.2 Å². The minimum absolute atomic E-state index is 0.0631. The number of fused-ring (bicyclic) bond motifs is 3. The molecule has 1 aromatic carbocycles. The molecule has 0 spiro atoms. The number of amides is 1. The second kappa shape index (κ2) is 5.14. The van der Waals surface area contributed by atoms with Crippen molar-refractivity contribution in [1.82, 2.24) is 5.32 Å². The molecule has 0 saturated carbocycles. The van der Waals surface area contributed by atoms with E-state index in [9.17, 15) is 4.79 Å². The van der Waals surface area contributed by atoms with Gasteiger partial charge in [-0.2, -0.15) is 0 Å². The number of benzene rings is 1. The normalized spacial score (nSPS) is 20.2. The van der Waals surface area contributed by atoms with Crippen LogP contribution in [-0.4, -0.2) is 5.91 Å². The molecular formula is C16H15BrN2OS. The van der Waals surface area contributed by atoms with Gasteiger partial charge in [0.15, 0.2) is 0 Å². The maximum Gasteiger partial charge on any atom is 0.256 e. The quantitative estimate of drug-likeness (QED) is 0.796. The van der Waals surface area contributed by atoms with E-state index in [1.54, 1.807) is 11.3 Å². The highest BCUT2D eigenvalue weighted by molar-refractivity contribution is 9.10. The van der Waals surface area contributed by atoms with E-state index in [2.05, 4.69) is 26.6 Å². The Morgan fingerprint density at radius 1 is 1.19 bits per heavy atom. The molecule has 1 aromatic heterocycles. The van der Waals surface area contributed by atoms with E-state index in [1.807, 2.05) is 24.3 Å². The zero-order chi connectivity index (χ0) is 14.4. The number of hydrogen-bond donors (Lipinski definition) is 2. The minimum atomic E-state index is -0.150. The molecule has 2 aromatic rings. The number of nitrogens with one attached hydrogen (secondary N) is 2. The average Bonchev–Trinajstić information content (AvgIpc) is 2.86. The summed E-state index contributed by atoms with van der Waals surface area (Å²) < 4.78 is 1.02. The summed E-state index contributed by atoms with van der Waals surface area (Å²) in [5, 5.41) is 7.62. The highest BCUT2D eigenvalue weighted by Crippen LogP contribution is 2.41. The Hall–Kier alpha value is -1.33. The molecule has 0 saturated heterocycles. The number of aryl methyl sites for hydroxylation is 1. The van der Waals surface area contributed by atoms with Gasteiger partial charge in [0.2, 0.25) is 0 Å². The molecule has 0 bridgehead atoms. The number of carbonyl (C=O) groups is 1. The first-order valence-corrected chi connectivity index (χ1v) is 8.81. The molecule has 2 aliphatic rings. The first kappa shape index (κ1) is 13.3. The van der Waals surface area contributed by atoms with Crippen LogP contribution in [0.5, 0.6) is 0 Å². The zero-order valence-corrected chi connectivity index (χ0v) is 13.8. The Morgan fingerprint density at radius 2 is 2.05 bits per heavy atom. The van der Waals surface area contributed by atoms with Crippen LogP contribution in [0.15, 0.2) is 28.7 Å². The topological polar surface area (TPSA) is 41.1 Å². The van der Waals surface area contributed by atoms with Crippen molar-refractivity contribution in [2.75, 3.05) is 5.32 Å². The van der Waals surface area contributed by atoms with E-state index in [1.165, 1.54) is 23.3 Å². The summed E-state index contributed by atoms with van der Waals surface area (Å²) in [7, 11) is 0. The van der Waals surface area contributed by atoms with Gasteiger partial charge in [-0.05, 0) is 48.9 Å². The molecule has 5 heteroatoms. The second-order valence-electron chi connectivity index (χ2n) is 5.52. The van der Waals surface area contributed by atoms with Crippen LogP contribution in [0.3, 0.4) is 0 Å². The molecule has 21 heavy (non-hydrogen) atoms. The van der Waals surface area contributed by atoms with Crippen molar-refractivity contribution in [1.29, 1.82) is 0 Å². The lowest BCUT2D eigenvalue weighted by molar-refractivity contribution is 0.0935. The van der Waals surface area contributed by atoms with E-state index >= 15 is 0 Å². The number of rotatable bonds is 1. The van der Waals surface area contributed by atoms with Crippen molar-refractivity contribution in [3.05, 3.63) is 50.3 Å². The van der Waals surface area contributed by atoms with E-state index in [0.717, 1.165) is 33.4 Å². The van der Waals surface area contributed by atoms with Gasteiger partial charge in [-0.1, -0.05) is 28.1 Å². The lowest BCUT2D eigenvalue weighted by Gasteiger charge is -2.27. The van der Waals surface area contributed by atoms with Crippen molar-refractivity contribution in [2.24, 2.45) is 0 Å². The van der Waals surface area contributed by atoms with Gasteiger partial charge >= 0.3 is 0 Å². The van der Waals surface area contributed by atoms with Crippen molar-refractivity contribution in [3.63, 3.8) is 0 Å². The molecule has 1 amide bonds. The Bertz CT molecular complexity index is 725. The molecule has 1 atom stereocenters. The van der Waals surface area contributed by atoms with E-state index < -0.39 is 0 Å². The van der Waals surface area contributed by atoms with Crippen LogP contribution in [0.1, 0.15) is 45.4 Å². The summed E-state index contributed by atoms with van der Waals surface area (Å²) in [6, 6.07) is 8.04. The number of carbonyl (C=O) groups excluding carboxylic acids is 1. The van der Waals surface area contributed by atoms with E-state index in [0.29, 0.717) is 0 Å². The van der Waals surface area contributed by atoms with E-state index in [-0.39, 0.29) is 12.1 Å². The fourth-order valence-electron chi connectivity index (χ4n) is 3.13. The maximum absolute atomic E-state index is 12.5. The third-order valence-corrected chi connectivity index (χ3v) is 5.85. The monoisotopic (exact) mass is 362 g/mol. The van der Waals surface area contributed by atoms with Crippen molar-refractivity contribution in [2.45, 2.75) is 31.8 Å². The Balaban J connectivity index is 1.72. The fraction of sp³-hybridized carbons (Fsp3) is 0.312. The van der Waals surface area contributed by atoms with Gasteiger partial charge < -0.3 is 10.6 Å². The molecule has 1 aliphatic heterocycles. The summed E-state index contributed by atoms with van der Waals surface area (Å²) in [6.45, 7) is 0. The molecule has 4 rings (SSSR count). The standard InChI is InChI=1S/C16H15BrN2OS/c17-10-5-3-4-9(8-10)14-18-15(20)13-11-6-1-2-7-12(11)21-16(13)19-14/h3-5,8,14,19H,1-2,6-7H2,(H,18,20). The SMILES string of the molecule is O=C1NC(c2cccc(Br)c2)Nc2sc3c(c21)CCCC3. The number of thiophene rings is 1. The van der Waals surface area contributed by atoms with Crippen LogP contribution in [-0.2, 0) is 12.8 Å². The lowest BCUT2D eigenvalue weighted by Crippen LogP contribution is -2.38. The fourth-order valence-corrected chi connectivity index (χ4v) is 4.86. The van der Waals surface area contributed by atoms with E-state index in [4.69, 9.17) is 0 Å². The number of hydrogen-bond acceptors (Lipinski definition) is 3. The maximum atomic E-state index is 12.5. The van der Waals surface area contributed by atoms with Crippen LogP contribution >= 0.6 is 27.3 Å². The molecule has 2 N–H and O–H groups in total. The van der Waals surface area contributed by atoms with Gasteiger partial charge in [0.25, 0.3) is 5.91 Å². The van der Waals surface area contributed by atoms with Crippen LogP contribution in [0.2, 0.25) is 0 Å². The second-order valence-corrected chi connectivity index (χ2v) is 7.54. The third kappa shape index (κ3) is 2.28. The predicted molar refractivity (Wildman–Crippen MR) is 88.9 cm³/mol. The molecular weight excluding hydrogens is 348 g/mol. The molecule has 3 nitrogen and oxygen atoms in total. The Labute approximate surface area is 135 Å². The largest absolute Gasteiger partial charge is 0.353 e. The first-order valence-electron chi connectivity index (χ1n) is 7.20. The predicted octanol–water partition coefficient (Wildman–Crippen LogP) is 4.24. The summed E-state index contributed by atoms with van der Waals surface area (Å²) >= 11 is 5.24. The van der Waals surface area contributed by atoms with Crippen LogP contribution in [0, 0.1) is 0 Å². The number of anilines is 1. The molecule has 2 heterocycles. The van der Waals surface area contributed by atoms with Gasteiger partial charge in [-0.25, -0.2) is 0 Å². The van der Waals surface area contributed by atoms with Crippen LogP contribution in [0.25, 0.3) is 0 Å². The minimum Gasteiger partial charge on any atom is -0.353 e. The highest BCUT2D eigenvalue weighted by atomic mass is 79.9. The Morgan fingerprint density at radius 3 is 2.90 bits per heavy atom. The zero-order valence-electron chi connectivity index (χ0n) is 11.4. The van der Waals surface area contributed by atoms with Gasteiger partial charge in [-0.3, -0.25) is 4.79 Å². The van der Waals surface area contributed by atoms with Crippen molar-refractivity contribution in [3.8, 4) is 0 Å². The highest BCUT2D eigenvalue weighted by Gasteiger charge is 2.31. The average molecular weight is 363 g/mol. The summed E-state index contributed by atoms with van der Waals surface area (Å²) in [6.07, 6.45) is 4.44. The van der Waals surface area contributed by atoms with Crippen molar-refractivity contribution < 1.29 is 4.79 Å². The molecule has 108 valence electrons. The molecule has 1 unspecified atom stereocenters. The molecule has 1 aliphatic carbocycles. The van der Waals surface area contributed by atoms with Gasteiger partial charge in [0.1, 0.15) is 11.2 Å². The summed E-state index contributed by atoms with van der Waals surface area (Å²) in [4.78, 5) is 13.9. The van der Waals surface area contributed by atoms with Gasteiger partial charge in [-0.15, -0.1) is 11.3 Å². The summed E-state index contributed by atoms with van der Waals surface area (Å²) in [5.41, 5.74) is 3.23. The Kier molecular flexibility index (Phi) is 3.27. The van der Waals surface area contributed by atoms with Crippen LogP contribution in [0.4, 0.5) is 5.00 Å². The lowest BCUT2D eigenvalue weighted by atomic mass is 9.94. The van der Waals surface area contributed by atoms with Crippen LogP contribution < -0.4 is 10.6 Å². The number of halogens is 1.